The summed E-state index contributed by atoms with van der Waals surface area (Å²) in [6, 6.07) is 5.35. The Morgan fingerprint density at radius 2 is 2.09 bits per heavy atom. The van der Waals surface area contributed by atoms with Gasteiger partial charge in [-0.05, 0) is 43.2 Å². The summed E-state index contributed by atoms with van der Waals surface area (Å²) in [5.41, 5.74) is 0.289. The maximum Gasteiger partial charge on any atom is 0.340 e. The fourth-order valence-electron chi connectivity index (χ4n) is 2.78. The number of thioether (sulfide) groups is 1. The number of rotatable bonds is 5. The fourth-order valence-corrected chi connectivity index (χ4v) is 3.41. The maximum atomic E-state index is 12.1. The number of carbonyl (C=O) groups is 2. The van der Waals surface area contributed by atoms with Gasteiger partial charge in [0.05, 0.1) is 10.6 Å². The van der Waals surface area contributed by atoms with E-state index in [9.17, 15) is 9.59 Å². The van der Waals surface area contributed by atoms with E-state index >= 15 is 0 Å². The van der Waals surface area contributed by atoms with E-state index in [1.807, 2.05) is 12.3 Å². The summed E-state index contributed by atoms with van der Waals surface area (Å²) in [4.78, 5) is 25.0. The summed E-state index contributed by atoms with van der Waals surface area (Å²) in [6.45, 7) is 1.87. The molecule has 1 saturated carbocycles. The van der Waals surface area contributed by atoms with Crippen LogP contribution in [0.3, 0.4) is 0 Å². The van der Waals surface area contributed by atoms with Gasteiger partial charge in [-0.3, -0.25) is 4.79 Å². The second-order valence-electron chi connectivity index (χ2n) is 5.86. The molecule has 0 saturated heterocycles. The van der Waals surface area contributed by atoms with E-state index < -0.39 is 5.97 Å². The molecular weight excluding hydrogens is 334 g/mol. The van der Waals surface area contributed by atoms with Gasteiger partial charge in [-0.15, -0.1) is 11.8 Å². The summed E-state index contributed by atoms with van der Waals surface area (Å²) in [7, 11) is 0. The average Bonchev–Trinajstić information content (AvgIpc) is 2.55. The zero-order valence-corrected chi connectivity index (χ0v) is 15.0. The number of ether oxygens (including phenoxy) is 1. The minimum Gasteiger partial charge on any atom is -0.452 e. The van der Waals surface area contributed by atoms with Gasteiger partial charge in [0.2, 0.25) is 0 Å². The molecule has 6 heteroatoms. The lowest BCUT2D eigenvalue weighted by molar-refractivity contribution is -0.125. The van der Waals surface area contributed by atoms with Crippen LogP contribution in [0.2, 0.25) is 5.02 Å². The molecular formula is C17H22ClNO3S. The Kier molecular flexibility index (Phi) is 6.78. The van der Waals surface area contributed by atoms with Crippen molar-refractivity contribution in [2.75, 3.05) is 12.9 Å². The van der Waals surface area contributed by atoms with Crippen molar-refractivity contribution in [2.24, 2.45) is 5.92 Å². The Morgan fingerprint density at radius 3 is 2.78 bits per heavy atom. The maximum absolute atomic E-state index is 12.1. The minimum absolute atomic E-state index is 0.179. The molecule has 0 spiro atoms. The number of hydrogen-bond acceptors (Lipinski definition) is 4. The van der Waals surface area contributed by atoms with Crippen molar-refractivity contribution in [3.05, 3.63) is 28.8 Å². The summed E-state index contributed by atoms with van der Waals surface area (Å²) in [5.74, 6) is -0.358. The van der Waals surface area contributed by atoms with Gasteiger partial charge in [0.25, 0.3) is 5.91 Å². The van der Waals surface area contributed by atoms with Crippen LogP contribution in [0.1, 0.15) is 43.0 Å². The van der Waals surface area contributed by atoms with Crippen LogP contribution in [0.25, 0.3) is 0 Å². The molecule has 1 fully saturated rings. The van der Waals surface area contributed by atoms with E-state index in [-0.39, 0.29) is 24.1 Å². The van der Waals surface area contributed by atoms with Gasteiger partial charge in [0.1, 0.15) is 0 Å². The Balaban J connectivity index is 1.87. The van der Waals surface area contributed by atoms with Crippen LogP contribution in [0.5, 0.6) is 0 Å². The first-order valence-electron chi connectivity index (χ1n) is 7.81. The van der Waals surface area contributed by atoms with Crippen molar-refractivity contribution in [3.8, 4) is 0 Å². The first-order valence-corrected chi connectivity index (χ1v) is 9.41. The molecule has 1 aliphatic carbocycles. The molecule has 1 N–H and O–H groups in total. The quantitative estimate of drug-likeness (QED) is 0.642. The molecule has 0 heterocycles. The molecule has 1 aromatic carbocycles. The van der Waals surface area contributed by atoms with Crippen LogP contribution in [0.15, 0.2) is 23.1 Å². The summed E-state index contributed by atoms with van der Waals surface area (Å²) in [6.07, 6.45) is 6.38. The third-order valence-electron chi connectivity index (χ3n) is 4.19. The van der Waals surface area contributed by atoms with Crippen LogP contribution in [0.4, 0.5) is 0 Å². The van der Waals surface area contributed by atoms with Gasteiger partial charge in [-0.25, -0.2) is 4.79 Å². The van der Waals surface area contributed by atoms with Crippen LogP contribution < -0.4 is 5.32 Å². The van der Waals surface area contributed by atoms with Gasteiger partial charge in [0, 0.05) is 10.9 Å². The lowest BCUT2D eigenvalue weighted by Crippen LogP contribution is -2.42. The smallest absolute Gasteiger partial charge is 0.340 e. The number of esters is 1. The topological polar surface area (TPSA) is 55.4 Å². The van der Waals surface area contributed by atoms with Crippen LogP contribution in [-0.2, 0) is 9.53 Å². The van der Waals surface area contributed by atoms with E-state index in [4.69, 9.17) is 16.3 Å². The normalized spacial score (nSPS) is 20.8. The largest absolute Gasteiger partial charge is 0.452 e. The van der Waals surface area contributed by atoms with Gasteiger partial charge < -0.3 is 10.1 Å². The van der Waals surface area contributed by atoms with Crippen LogP contribution in [0, 0.1) is 5.92 Å². The first kappa shape index (κ1) is 18.1. The molecule has 0 bridgehead atoms. The monoisotopic (exact) mass is 355 g/mol. The number of amides is 1. The standard InChI is InChI=1S/C17H22ClNO3S/c1-11-5-3-4-6-15(11)19-16(20)10-22-17(21)13-9-12(23-2)7-8-14(13)18/h7-9,11,15H,3-6,10H2,1-2H3,(H,19,20)/t11-,15-/m0/s1. The van der Waals surface area contributed by atoms with Crippen molar-refractivity contribution in [1.82, 2.24) is 5.32 Å². The molecule has 23 heavy (non-hydrogen) atoms. The fraction of sp³-hybridized carbons (Fsp3) is 0.529. The van der Waals surface area contributed by atoms with Crippen molar-refractivity contribution in [3.63, 3.8) is 0 Å². The number of hydrogen-bond donors (Lipinski definition) is 1. The van der Waals surface area contributed by atoms with Gasteiger partial charge in [-0.2, -0.15) is 0 Å². The lowest BCUT2D eigenvalue weighted by atomic mass is 9.86. The second kappa shape index (κ2) is 8.60. The third-order valence-corrected chi connectivity index (χ3v) is 5.24. The Morgan fingerprint density at radius 1 is 1.35 bits per heavy atom. The highest BCUT2D eigenvalue weighted by Gasteiger charge is 2.23. The zero-order valence-electron chi connectivity index (χ0n) is 13.4. The molecule has 2 rings (SSSR count). The van der Waals surface area contributed by atoms with E-state index in [1.54, 1.807) is 12.1 Å². The van der Waals surface area contributed by atoms with E-state index in [0.29, 0.717) is 10.9 Å². The molecule has 4 nitrogen and oxygen atoms in total. The lowest BCUT2D eigenvalue weighted by Gasteiger charge is -2.29. The van der Waals surface area contributed by atoms with Gasteiger partial charge in [-0.1, -0.05) is 31.4 Å². The molecule has 0 aliphatic heterocycles. The van der Waals surface area contributed by atoms with E-state index in [1.165, 1.54) is 18.2 Å². The van der Waals surface area contributed by atoms with Crippen molar-refractivity contribution >= 4 is 35.2 Å². The Labute approximate surface area is 146 Å². The summed E-state index contributed by atoms with van der Waals surface area (Å²) < 4.78 is 5.10. The second-order valence-corrected chi connectivity index (χ2v) is 7.14. The molecule has 1 amide bonds. The summed E-state index contributed by atoms with van der Waals surface area (Å²) >= 11 is 7.54. The predicted octanol–water partition coefficient (Wildman–Crippen LogP) is 3.91. The molecule has 0 aromatic heterocycles. The Bertz CT molecular complexity index is 579. The van der Waals surface area contributed by atoms with Crippen LogP contribution in [-0.4, -0.2) is 30.8 Å². The van der Waals surface area contributed by atoms with E-state index in [2.05, 4.69) is 12.2 Å². The highest BCUT2D eigenvalue weighted by molar-refractivity contribution is 7.98. The first-order chi connectivity index (χ1) is 11.0. The van der Waals surface area contributed by atoms with Crippen LogP contribution >= 0.6 is 23.4 Å². The SMILES string of the molecule is CSc1ccc(Cl)c(C(=O)OCC(=O)N[C@H]2CCCC[C@@H]2C)c1. The molecule has 126 valence electrons. The number of nitrogens with one attached hydrogen (secondary N) is 1. The highest BCUT2D eigenvalue weighted by Crippen LogP contribution is 2.24. The third kappa shape index (κ3) is 5.15. The van der Waals surface area contributed by atoms with Gasteiger partial charge >= 0.3 is 5.97 Å². The molecule has 1 aliphatic rings. The number of halogens is 1. The molecule has 1 aromatic rings. The zero-order chi connectivity index (χ0) is 16.8. The molecule has 2 atom stereocenters. The number of carbonyl (C=O) groups excluding carboxylic acids is 2. The molecule has 0 radical (unpaired) electrons. The van der Waals surface area contributed by atoms with Crippen molar-refractivity contribution in [2.45, 2.75) is 43.5 Å². The van der Waals surface area contributed by atoms with Crippen molar-refractivity contribution < 1.29 is 14.3 Å². The average molecular weight is 356 g/mol. The summed E-state index contributed by atoms with van der Waals surface area (Å²) in [5, 5.41) is 3.29. The number of benzene rings is 1. The highest BCUT2D eigenvalue weighted by atomic mass is 35.5. The minimum atomic E-state index is -0.572. The Hall–Kier alpha value is -1.20. The van der Waals surface area contributed by atoms with Gasteiger partial charge in [0.15, 0.2) is 6.61 Å². The molecule has 0 unspecified atom stereocenters. The van der Waals surface area contributed by atoms with E-state index in [0.717, 1.165) is 24.2 Å². The predicted molar refractivity (Wildman–Crippen MR) is 93.1 cm³/mol. The van der Waals surface area contributed by atoms with Crippen molar-refractivity contribution in [1.29, 1.82) is 0 Å².